The van der Waals surface area contributed by atoms with Gasteiger partial charge in [-0.3, -0.25) is 4.68 Å². The first kappa shape index (κ1) is 2.92. The molecule has 0 bridgehead atoms. The van der Waals surface area contributed by atoms with Crippen LogP contribution in [-0.2, 0) is 0 Å². The van der Waals surface area contributed by atoms with Gasteiger partial charge in [-0.25, -0.2) is 0 Å². The van der Waals surface area contributed by atoms with Crippen LogP contribution in [-0.4, -0.2) is 26.9 Å². The van der Waals surface area contributed by atoms with E-state index in [1.165, 1.54) is 0 Å². The van der Waals surface area contributed by atoms with Gasteiger partial charge in [-0.1, -0.05) is 0 Å². The maximum absolute atomic E-state index is 9.03. The molecular formula is C6H11BN2O2. The molecule has 0 aliphatic carbocycles. The number of rotatable bonds is 2. The summed E-state index contributed by atoms with van der Waals surface area (Å²) in [5.74, 6) is 0. The molecule has 0 aliphatic heterocycles. The normalized spacial score (nSPS) is 23.3. The molecule has 0 unspecified atom stereocenters. The molecule has 0 saturated carbocycles. The van der Waals surface area contributed by atoms with Crippen molar-refractivity contribution in [2.45, 2.75) is 19.7 Å². The molecule has 1 heterocycles. The van der Waals surface area contributed by atoms with Crippen molar-refractivity contribution < 1.29 is 19.6 Å². The summed E-state index contributed by atoms with van der Waals surface area (Å²) in [5, 5.41) is 21.5. The second-order valence-corrected chi connectivity index (χ2v) is 1.89. The third-order valence-corrected chi connectivity index (χ3v) is 1.15. The SMILES string of the molecule is [2H]C([2H])([2H])C([2H])(n1nccc1B(O)O)C([2H])([2H])[2H]. The van der Waals surface area contributed by atoms with E-state index in [9.17, 15) is 0 Å². The van der Waals surface area contributed by atoms with Gasteiger partial charge in [-0.15, -0.1) is 0 Å². The van der Waals surface area contributed by atoms with E-state index in [0.29, 0.717) is 4.68 Å². The van der Waals surface area contributed by atoms with Crippen LogP contribution in [0.5, 0.6) is 0 Å². The van der Waals surface area contributed by atoms with Gasteiger partial charge in [0.1, 0.15) is 0 Å². The van der Waals surface area contributed by atoms with E-state index >= 15 is 0 Å². The van der Waals surface area contributed by atoms with Crippen LogP contribution in [0.1, 0.15) is 29.3 Å². The molecule has 0 amide bonds. The third-order valence-electron chi connectivity index (χ3n) is 1.15. The summed E-state index contributed by atoms with van der Waals surface area (Å²) in [5.41, 5.74) is -0.475. The zero-order chi connectivity index (χ0) is 14.4. The van der Waals surface area contributed by atoms with Crippen LogP contribution in [0.15, 0.2) is 12.3 Å². The number of nitrogens with zero attached hydrogens (tertiary/aromatic N) is 2. The second-order valence-electron chi connectivity index (χ2n) is 1.89. The standard InChI is InChI=1S/C6H11BN2O2/c1-5(2)9-6(7(10)11)3-4-8-9/h3-5,10-11H,1-2H3/i1D3,2D3,5D. The summed E-state index contributed by atoms with van der Waals surface area (Å²) < 4.78 is 51.4. The Morgan fingerprint density at radius 1 is 1.82 bits per heavy atom. The van der Waals surface area contributed by atoms with Gasteiger partial charge < -0.3 is 10.0 Å². The molecule has 0 saturated heterocycles. The van der Waals surface area contributed by atoms with Crippen molar-refractivity contribution in [2.24, 2.45) is 0 Å². The van der Waals surface area contributed by atoms with E-state index in [4.69, 9.17) is 19.6 Å². The minimum Gasteiger partial charge on any atom is -0.422 e. The number of hydrogen-bond donors (Lipinski definition) is 2. The second kappa shape index (κ2) is 3.06. The van der Waals surface area contributed by atoms with Crippen molar-refractivity contribution in [1.82, 2.24) is 9.78 Å². The highest BCUT2D eigenvalue weighted by atomic mass is 16.4. The maximum Gasteiger partial charge on any atom is 0.507 e. The highest BCUT2D eigenvalue weighted by molar-refractivity contribution is 6.57. The van der Waals surface area contributed by atoms with Crippen molar-refractivity contribution in [2.75, 3.05) is 0 Å². The monoisotopic (exact) mass is 161 g/mol. The van der Waals surface area contributed by atoms with Crippen molar-refractivity contribution >= 4 is 12.7 Å². The molecule has 60 valence electrons. The molecule has 0 radical (unpaired) electrons. The Labute approximate surface area is 75.4 Å². The molecule has 0 aliphatic rings. The first-order chi connectivity index (χ1) is 7.93. The third kappa shape index (κ3) is 1.61. The summed E-state index contributed by atoms with van der Waals surface area (Å²) in [6.07, 6.45) is 0.996. The largest absolute Gasteiger partial charge is 0.507 e. The lowest BCUT2D eigenvalue weighted by Gasteiger charge is -2.09. The average Bonchev–Trinajstić information content (AvgIpc) is 2.60. The Bertz CT molecular complexity index is 412. The van der Waals surface area contributed by atoms with Gasteiger partial charge in [-0.05, 0) is 19.8 Å². The van der Waals surface area contributed by atoms with Gasteiger partial charge in [0.25, 0.3) is 0 Å². The molecular weight excluding hydrogens is 143 g/mol. The first-order valence-corrected chi connectivity index (χ1v) is 2.83. The van der Waals surface area contributed by atoms with Gasteiger partial charge in [0.2, 0.25) is 0 Å². The van der Waals surface area contributed by atoms with Crippen LogP contribution < -0.4 is 5.59 Å². The molecule has 4 nitrogen and oxygen atoms in total. The fraction of sp³-hybridized carbons (Fsp3) is 0.500. The molecule has 1 aromatic rings. The van der Waals surface area contributed by atoms with E-state index in [1.54, 1.807) is 0 Å². The smallest absolute Gasteiger partial charge is 0.422 e. The minimum atomic E-state index is -3.23. The lowest BCUT2D eigenvalue weighted by atomic mass is 9.86. The zero-order valence-corrected chi connectivity index (χ0v) is 5.52. The quantitative estimate of drug-likeness (QED) is 0.555. The number of aromatic nitrogens is 2. The Morgan fingerprint density at radius 2 is 2.55 bits per heavy atom. The topological polar surface area (TPSA) is 58.3 Å². The summed E-state index contributed by atoms with van der Waals surface area (Å²) >= 11 is 0. The lowest BCUT2D eigenvalue weighted by Crippen LogP contribution is -2.37. The van der Waals surface area contributed by atoms with Crippen LogP contribution in [0.3, 0.4) is 0 Å². The first-order valence-electron chi connectivity index (χ1n) is 6.33. The molecule has 0 fully saturated rings. The fourth-order valence-electron chi connectivity index (χ4n) is 0.696. The Balaban J connectivity index is 3.51. The summed E-state index contributed by atoms with van der Waals surface area (Å²) in [4.78, 5) is 0. The zero-order valence-electron chi connectivity index (χ0n) is 12.5. The molecule has 0 spiro atoms. The van der Waals surface area contributed by atoms with Crippen LogP contribution in [0.4, 0.5) is 0 Å². The predicted molar refractivity (Wildman–Crippen MR) is 42.4 cm³/mol. The molecule has 1 rings (SSSR count). The maximum atomic E-state index is 9.03. The van der Waals surface area contributed by atoms with Gasteiger partial charge >= 0.3 is 7.12 Å². The van der Waals surface area contributed by atoms with Crippen molar-refractivity contribution in [3.8, 4) is 0 Å². The molecule has 0 aromatic carbocycles. The lowest BCUT2D eigenvalue weighted by molar-refractivity contribution is 0.416. The van der Waals surface area contributed by atoms with Gasteiger partial charge in [0.05, 0.1) is 6.96 Å². The van der Waals surface area contributed by atoms with E-state index in [-0.39, 0.29) is 0 Å². The molecule has 11 heavy (non-hydrogen) atoms. The van der Waals surface area contributed by atoms with Crippen LogP contribution >= 0.6 is 0 Å². The fourth-order valence-corrected chi connectivity index (χ4v) is 0.696. The highest BCUT2D eigenvalue weighted by Gasteiger charge is 2.17. The molecule has 2 N–H and O–H groups in total. The summed E-state index contributed by atoms with van der Waals surface area (Å²) in [6, 6.07) is -2.06. The predicted octanol–water partition coefficient (Wildman–Crippen LogP) is -0.856. The van der Waals surface area contributed by atoms with E-state index in [0.717, 1.165) is 12.3 Å². The van der Waals surface area contributed by atoms with E-state index in [1.807, 2.05) is 0 Å². The van der Waals surface area contributed by atoms with Crippen molar-refractivity contribution in [3.63, 3.8) is 0 Å². The molecule has 5 heteroatoms. The molecule has 1 aromatic heterocycles. The Kier molecular flexibility index (Phi) is 0.812. The van der Waals surface area contributed by atoms with Gasteiger partial charge in [0.15, 0.2) is 0 Å². The number of hydrogen-bond acceptors (Lipinski definition) is 3. The van der Waals surface area contributed by atoms with Crippen LogP contribution in [0, 0.1) is 0 Å². The van der Waals surface area contributed by atoms with Crippen molar-refractivity contribution in [1.29, 1.82) is 0 Å². The highest BCUT2D eigenvalue weighted by Crippen LogP contribution is 1.98. The molecule has 0 atom stereocenters. The van der Waals surface area contributed by atoms with Crippen LogP contribution in [0.25, 0.3) is 0 Å². The van der Waals surface area contributed by atoms with E-state index < -0.39 is 32.4 Å². The Hall–Kier alpha value is -0.805. The van der Waals surface area contributed by atoms with Gasteiger partial charge in [0, 0.05) is 20.4 Å². The summed E-state index contributed by atoms with van der Waals surface area (Å²) in [6.45, 7) is -6.46. The van der Waals surface area contributed by atoms with Gasteiger partial charge in [-0.2, -0.15) is 5.10 Å². The summed E-state index contributed by atoms with van der Waals surface area (Å²) in [7, 11) is -2.12. The van der Waals surface area contributed by atoms with Crippen molar-refractivity contribution in [3.05, 3.63) is 12.3 Å². The minimum absolute atomic E-state index is 0.303. The van der Waals surface area contributed by atoms with E-state index in [2.05, 4.69) is 5.10 Å². The van der Waals surface area contributed by atoms with Crippen LogP contribution in [0.2, 0.25) is 0 Å². The Morgan fingerprint density at radius 3 is 3.09 bits per heavy atom. The average molecular weight is 161 g/mol.